The summed E-state index contributed by atoms with van der Waals surface area (Å²) in [6.07, 6.45) is 6.30. The highest BCUT2D eigenvalue weighted by Crippen LogP contribution is 2.34. The summed E-state index contributed by atoms with van der Waals surface area (Å²) in [7, 11) is 0. The molecule has 0 saturated heterocycles. The van der Waals surface area contributed by atoms with Gasteiger partial charge in [0.15, 0.2) is 0 Å². The van der Waals surface area contributed by atoms with Gasteiger partial charge in [-0.1, -0.05) is 24.3 Å². The fourth-order valence-electron chi connectivity index (χ4n) is 3.15. The Bertz CT molecular complexity index is 580. The van der Waals surface area contributed by atoms with Gasteiger partial charge in [0.1, 0.15) is 0 Å². The van der Waals surface area contributed by atoms with E-state index in [9.17, 15) is 0 Å². The molecule has 0 fully saturated rings. The number of aromatic nitrogens is 1. The largest absolute Gasteiger partial charge is 0.327 e. The van der Waals surface area contributed by atoms with Crippen LogP contribution in [0.1, 0.15) is 35.6 Å². The van der Waals surface area contributed by atoms with Gasteiger partial charge in [0.25, 0.3) is 0 Å². The third-order valence-corrected chi connectivity index (χ3v) is 4.64. The van der Waals surface area contributed by atoms with Crippen LogP contribution in [0.25, 0.3) is 0 Å². The van der Waals surface area contributed by atoms with Crippen molar-refractivity contribution in [2.24, 2.45) is 5.73 Å². The predicted octanol–water partition coefficient (Wildman–Crippen LogP) is 3.83. The van der Waals surface area contributed by atoms with Crippen LogP contribution in [0, 0.1) is 0 Å². The Morgan fingerprint density at radius 1 is 1.25 bits per heavy atom. The number of pyridine rings is 1. The number of fused-ring (bicyclic) bond motifs is 1. The van der Waals surface area contributed by atoms with Crippen molar-refractivity contribution in [3.63, 3.8) is 0 Å². The van der Waals surface area contributed by atoms with E-state index in [2.05, 4.69) is 51.2 Å². The Morgan fingerprint density at radius 2 is 2.10 bits per heavy atom. The topological polar surface area (TPSA) is 38.9 Å². The summed E-state index contributed by atoms with van der Waals surface area (Å²) in [6, 6.07) is 13.0. The first-order valence-electron chi connectivity index (χ1n) is 7.18. The van der Waals surface area contributed by atoms with Crippen molar-refractivity contribution in [2.75, 3.05) is 0 Å². The first kappa shape index (κ1) is 13.8. The highest BCUT2D eigenvalue weighted by molar-refractivity contribution is 9.10. The van der Waals surface area contributed by atoms with Gasteiger partial charge < -0.3 is 5.73 Å². The lowest BCUT2D eigenvalue weighted by molar-refractivity contribution is 0.457. The van der Waals surface area contributed by atoms with Crippen molar-refractivity contribution < 1.29 is 0 Å². The summed E-state index contributed by atoms with van der Waals surface area (Å²) in [4.78, 5) is 4.44. The van der Waals surface area contributed by atoms with Gasteiger partial charge in [-0.15, -0.1) is 0 Å². The number of rotatable bonds is 3. The maximum Gasteiger partial charge on any atom is 0.0420 e. The van der Waals surface area contributed by atoms with Crippen LogP contribution in [0.3, 0.4) is 0 Å². The van der Waals surface area contributed by atoms with Crippen LogP contribution in [0.2, 0.25) is 0 Å². The number of halogens is 1. The Labute approximate surface area is 128 Å². The molecule has 1 aromatic carbocycles. The van der Waals surface area contributed by atoms with Gasteiger partial charge >= 0.3 is 0 Å². The fraction of sp³-hybridized carbons (Fsp3) is 0.353. The van der Waals surface area contributed by atoms with Gasteiger partial charge in [-0.25, -0.2) is 0 Å². The average molecular weight is 331 g/mol. The fourth-order valence-corrected chi connectivity index (χ4v) is 3.38. The van der Waals surface area contributed by atoms with E-state index in [0.717, 1.165) is 16.6 Å². The van der Waals surface area contributed by atoms with Crippen molar-refractivity contribution in [3.05, 3.63) is 63.9 Å². The van der Waals surface area contributed by atoms with Crippen molar-refractivity contribution in [1.29, 1.82) is 0 Å². The molecular weight excluding hydrogens is 312 g/mol. The molecule has 0 saturated carbocycles. The Kier molecular flexibility index (Phi) is 4.18. The zero-order valence-corrected chi connectivity index (χ0v) is 13.0. The summed E-state index contributed by atoms with van der Waals surface area (Å²) in [5.41, 5.74) is 10.5. The number of hydrogen-bond donors (Lipinski definition) is 1. The summed E-state index contributed by atoms with van der Waals surface area (Å²) < 4.78 is 1.01. The molecule has 1 heterocycles. The molecule has 0 amide bonds. The van der Waals surface area contributed by atoms with E-state index in [4.69, 9.17) is 5.73 Å². The van der Waals surface area contributed by atoms with Crippen molar-refractivity contribution in [3.8, 4) is 0 Å². The summed E-state index contributed by atoms with van der Waals surface area (Å²) in [6.45, 7) is 0. The minimum atomic E-state index is 0.144. The van der Waals surface area contributed by atoms with E-state index < -0.39 is 0 Å². The number of benzene rings is 1. The first-order valence-corrected chi connectivity index (χ1v) is 7.97. The van der Waals surface area contributed by atoms with Gasteiger partial charge in [-0.05, 0) is 64.4 Å². The van der Waals surface area contributed by atoms with Crippen LogP contribution in [-0.4, -0.2) is 11.0 Å². The third-order valence-electron chi connectivity index (χ3n) is 4.17. The van der Waals surface area contributed by atoms with E-state index in [0.29, 0.717) is 5.92 Å². The molecule has 20 heavy (non-hydrogen) atoms. The molecule has 2 aromatic rings. The maximum atomic E-state index is 6.48. The van der Waals surface area contributed by atoms with E-state index in [1.54, 1.807) is 0 Å². The predicted molar refractivity (Wildman–Crippen MR) is 85.7 cm³/mol. The number of hydrogen-bond acceptors (Lipinski definition) is 2. The van der Waals surface area contributed by atoms with Crippen LogP contribution < -0.4 is 5.73 Å². The molecule has 104 valence electrons. The second kappa shape index (κ2) is 6.06. The lowest BCUT2D eigenvalue weighted by Crippen LogP contribution is -2.33. The molecule has 3 heteroatoms. The monoisotopic (exact) mass is 330 g/mol. The summed E-state index contributed by atoms with van der Waals surface area (Å²) in [5, 5.41) is 0. The molecule has 2 atom stereocenters. The molecule has 2 N–H and O–H groups in total. The zero-order valence-electron chi connectivity index (χ0n) is 11.4. The molecule has 1 aliphatic carbocycles. The van der Waals surface area contributed by atoms with Gasteiger partial charge in [-0.3, -0.25) is 4.98 Å². The molecule has 2 nitrogen and oxygen atoms in total. The van der Waals surface area contributed by atoms with Crippen LogP contribution in [-0.2, 0) is 12.8 Å². The minimum Gasteiger partial charge on any atom is -0.327 e. The van der Waals surface area contributed by atoms with E-state index in [1.165, 1.54) is 30.4 Å². The standard InChI is InChI=1S/C17H19BrN2/c18-13-8-9-14(20-11-13)10-17(19)16-7-3-5-12-4-1-2-6-15(12)16/h1-2,4,6,8-9,11,16-17H,3,5,7,10,19H2. The zero-order chi connectivity index (χ0) is 13.9. The van der Waals surface area contributed by atoms with Crippen LogP contribution in [0.15, 0.2) is 47.1 Å². The molecule has 1 aromatic heterocycles. The van der Waals surface area contributed by atoms with Crippen molar-refractivity contribution in [2.45, 2.75) is 37.6 Å². The highest BCUT2D eigenvalue weighted by Gasteiger charge is 2.25. The van der Waals surface area contributed by atoms with Crippen LogP contribution >= 0.6 is 15.9 Å². The molecule has 0 bridgehead atoms. The number of aryl methyl sites for hydroxylation is 1. The van der Waals surface area contributed by atoms with Gasteiger partial charge in [-0.2, -0.15) is 0 Å². The SMILES string of the molecule is NC(Cc1ccc(Br)cn1)C1CCCc2ccccc21. The molecule has 0 spiro atoms. The molecule has 3 rings (SSSR count). The molecule has 1 aliphatic rings. The lowest BCUT2D eigenvalue weighted by Gasteiger charge is -2.30. The molecular formula is C17H19BrN2. The molecule has 0 radical (unpaired) electrons. The van der Waals surface area contributed by atoms with Crippen LogP contribution in [0.5, 0.6) is 0 Å². The third kappa shape index (κ3) is 2.94. The first-order chi connectivity index (χ1) is 9.74. The van der Waals surface area contributed by atoms with Crippen molar-refractivity contribution in [1.82, 2.24) is 4.98 Å². The minimum absolute atomic E-state index is 0.144. The highest BCUT2D eigenvalue weighted by atomic mass is 79.9. The lowest BCUT2D eigenvalue weighted by atomic mass is 9.78. The van der Waals surface area contributed by atoms with Gasteiger partial charge in [0, 0.05) is 28.8 Å². The Morgan fingerprint density at radius 3 is 2.90 bits per heavy atom. The van der Waals surface area contributed by atoms with Crippen molar-refractivity contribution >= 4 is 15.9 Å². The summed E-state index contributed by atoms with van der Waals surface area (Å²) >= 11 is 3.42. The smallest absolute Gasteiger partial charge is 0.0420 e. The Hall–Kier alpha value is -1.19. The summed E-state index contributed by atoms with van der Waals surface area (Å²) in [5.74, 6) is 0.463. The normalized spacial score (nSPS) is 19.4. The molecule has 0 aliphatic heterocycles. The number of nitrogens with zero attached hydrogens (tertiary/aromatic N) is 1. The van der Waals surface area contributed by atoms with Gasteiger partial charge in [0.05, 0.1) is 0 Å². The average Bonchev–Trinajstić information content (AvgIpc) is 2.49. The quantitative estimate of drug-likeness (QED) is 0.928. The molecule has 2 unspecified atom stereocenters. The van der Waals surface area contributed by atoms with E-state index >= 15 is 0 Å². The van der Waals surface area contributed by atoms with Crippen LogP contribution in [0.4, 0.5) is 0 Å². The number of nitrogens with two attached hydrogens (primary N) is 1. The van der Waals surface area contributed by atoms with Gasteiger partial charge in [0.2, 0.25) is 0 Å². The second-order valence-electron chi connectivity index (χ2n) is 5.53. The van der Waals surface area contributed by atoms with E-state index in [-0.39, 0.29) is 6.04 Å². The maximum absolute atomic E-state index is 6.48. The van der Waals surface area contributed by atoms with E-state index in [1.807, 2.05) is 12.3 Å². The second-order valence-corrected chi connectivity index (χ2v) is 6.45. The Balaban J connectivity index is 1.78.